The maximum atomic E-state index is 13.1. The number of rotatable bonds is 11. The Hall–Kier alpha value is -2.60. The molecule has 3 aliphatic rings. The quantitative estimate of drug-likeness (QED) is 0.204. The molecule has 0 spiro atoms. The van der Waals surface area contributed by atoms with Crippen LogP contribution in [0.1, 0.15) is 87.0 Å². The topological polar surface area (TPSA) is 197 Å². The highest BCUT2D eigenvalue weighted by molar-refractivity contribution is 5.91. The number of hydrogen-bond acceptors (Lipinski definition) is 15. The molecule has 15 heteroatoms. The average molecular weight is 784 g/mol. The first kappa shape index (κ1) is 46.8. The van der Waals surface area contributed by atoms with Crippen molar-refractivity contribution in [2.45, 2.75) is 166 Å². The molecule has 2 fully saturated rings. The van der Waals surface area contributed by atoms with Crippen molar-refractivity contribution in [2.75, 3.05) is 21.2 Å². The van der Waals surface area contributed by atoms with Gasteiger partial charge in [0.05, 0.1) is 36.9 Å². The van der Waals surface area contributed by atoms with Crippen LogP contribution >= 0.6 is 0 Å². The molecule has 15 atom stereocenters. The molecule has 0 aromatic rings. The third-order valence-electron chi connectivity index (χ3n) is 10.5. The molecular formula is C40H65NO14. The second kappa shape index (κ2) is 21.2. The molecule has 3 N–H and O–H groups in total. The van der Waals surface area contributed by atoms with Crippen molar-refractivity contribution in [3.63, 3.8) is 0 Å². The summed E-state index contributed by atoms with van der Waals surface area (Å²) in [5, 5.41) is 34.7. The zero-order chi connectivity index (χ0) is 41.2. The summed E-state index contributed by atoms with van der Waals surface area (Å²) in [5.41, 5.74) is -1.49. The Balaban J connectivity index is 1.90. The van der Waals surface area contributed by atoms with Crippen molar-refractivity contribution >= 4 is 24.0 Å². The van der Waals surface area contributed by atoms with Crippen LogP contribution in [-0.4, -0.2) is 145 Å². The summed E-state index contributed by atoms with van der Waals surface area (Å²) in [6.07, 6.45) is -3.87. The molecule has 2 saturated heterocycles. The molecule has 0 aromatic carbocycles. The Morgan fingerprint density at radius 3 is 2.33 bits per heavy atom. The van der Waals surface area contributed by atoms with Crippen LogP contribution in [0.3, 0.4) is 0 Å². The zero-order valence-corrected chi connectivity index (χ0v) is 34.1. The van der Waals surface area contributed by atoms with E-state index in [4.69, 9.17) is 33.2 Å². The number of carbonyl (C=O) groups excluding carboxylic acids is 4. The SMILES string of the molecule is COC1C(O)CC(=O)OC(C)C/C=C/C=C/C(=O)C(C)CC(CC=O)C1OC1OC(C)C(OC2CC(C)(O)C(OC(=O)CC(C)C)C(C)O2)C(N(C)C)C1O. The number of nitrogens with zero attached hydrogens (tertiary/aromatic N) is 1. The number of methoxy groups -OCH3 is 1. The predicted molar refractivity (Wildman–Crippen MR) is 199 cm³/mol. The van der Waals surface area contributed by atoms with Gasteiger partial charge in [0.25, 0.3) is 0 Å². The lowest BCUT2D eigenvalue weighted by Gasteiger charge is -2.50. The minimum absolute atomic E-state index is 0.0389. The number of aldehydes is 1. The van der Waals surface area contributed by atoms with Gasteiger partial charge < -0.3 is 58.2 Å². The first-order chi connectivity index (χ1) is 25.8. The van der Waals surface area contributed by atoms with E-state index < -0.39 is 109 Å². The van der Waals surface area contributed by atoms with E-state index in [2.05, 4.69) is 0 Å². The zero-order valence-electron chi connectivity index (χ0n) is 34.1. The number of esters is 2. The standard InChI is InChI=1S/C40H65NO14/c1-22(2)18-30(45)53-38-26(6)51-32(21-40(38,7)48)54-35-25(5)52-39(34(47)33(35)41(8)9)55-36-27(16-17-42)19-23(3)28(43)15-13-11-12-14-24(4)50-31(46)20-29(44)37(36)49-10/h11-13,15,17,22-27,29,32-39,44,47-48H,14,16,18-21H2,1-10H3/b12-11+,15-13+. The van der Waals surface area contributed by atoms with Gasteiger partial charge in [-0.2, -0.15) is 0 Å². The lowest BCUT2D eigenvalue weighted by atomic mass is 9.83. The number of likely N-dealkylation sites (N-methyl/N-ethyl adjacent to an activating group) is 1. The molecule has 0 bridgehead atoms. The number of ketones is 1. The van der Waals surface area contributed by atoms with Gasteiger partial charge in [-0.05, 0) is 66.1 Å². The van der Waals surface area contributed by atoms with Gasteiger partial charge in [-0.1, -0.05) is 39.0 Å². The lowest BCUT2D eigenvalue weighted by molar-refractivity contribution is -0.344. The number of carbonyl (C=O) groups is 4. The van der Waals surface area contributed by atoms with Crippen molar-refractivity contribution in [2.24, 2.45) is 17.8 Å². The molecule has 0 saturated carbocycles. The van der Waals surface area contributed by atoms with Crippen LogP contribution in [0.2, 0.25) is 0 Å². The van der Waals surface area contributed by atoms with Gasteiger partial charge in [-0.25, -0.2) is 0 Å². The van der Waals surface area contributed by atoms with Gasteiger partial charge in [0, 0.05) is 38.7 Å². The van der Waals surface area contributed by atoms with E-state index >= 15 is 0 Å². The van der Waals surface area contributed by atoms with E-state index in [1.807, 2.05) is 13.8 Å². The number of hydrogen-bond donors (Lipinski definition) is 3. The number of cyclic esters (lactones) is 1. The number of ether oxygens (including phenoxy) is 7. The molecule has 314 valence electrons. The first-order valence-electron chi connectivity index (χ1n) is 19.4. The summed E-state index contributed by atoms with van der Waals surface area (Å²) in [4.78, 5) is 52.3. The monoisotopic (exact) mass is 783 g/mol. The van der Waals surface area contributed by atoms with E-state index in [1.165, 1.54) is 13.2 Å². The highest BCUT2D eigenvalue weighted by Gasteiger charge is 2.52. The van der Waals surface area contributed by atoms with Gasteiger partial charge >= 0.3 is 11.9 Å². The van der Waals surface area contributed by atoms with Crippen LogP contribution < -0.4 is 0 Å². The summed E-state index contributed by atoms with van der Waals surface area (Å²) in [5.74, 6) is -2.50. The lowest BCUT2D eigenvalue weighted by Crippen LogP contribution is -2.66. The van der Waals surface area contributed by atoms with Crippen molar-refractivity contribution in [1.82, 2.24) is 4.90 Å². The number of aliphatic hydroxyl groups is 3. The maximum absolute atomic E-state index is 13.1. The largest absolute Gasteiger partial charge is 0.462 e. The fourth-order valence-electron chi connectivity index (χ4n) is 7.68. The fourth-order valence-corrected chi connectivity index (χ4v) is 7.68. The molecule has 3 heterocycles. The highest BCUT2D eigenvalue weighted by atomic mass is 16.7. The third-order valence-corrected chi connectivity index (χ3v) is 10.5. The second-order valence-electron chi connectivity index (χ2n) is 16.2. The minimum Gasteiger partial charge on any atom is -0.462 e. The molecule has 15 nitrogen and oxygen atoms in total. The Kier molecular flexibility index (Phi) is 18.1. The average Bonchev–Trinajstić information content (AvgIpc) is 3.06. The van der Waals surface area contributed by atoms with Crippen molar-refractivity contribution in [1.29, 1.82) is 0 Å². The van der Waals surface area contributed by atoms with Crippen molar-refractivity contribution in [3.05, 3.63) is 24.3 Å². The van der Waals surface area contributed by atoms with Crippen LogP contribution in [0, 0.1) is 17.8 Å². The Morgan fingerprint density at radius 2 is 1.73 bits per heavy atom. The van der Waals surface area contributed by atoms with E-state index in [-0.39, 0.29) is 37.4 Å². The molecule has 3 aliphatic heterocycles. The van der Waals surface area contributed by atoms with Gasteiger partial charge in [0.2, 0.25) is 0 Å². The molecule has 0 aromatic heterocycles. The van der Waals surface area contributed by atoms with E-state index in [0.717, 1.165) is 0 Å². The van der Waals surface area contributed by atoms with E-state index in [9.17, 15) is 34.5 Å². The Bertz CT molecular complexity index is 1320. The number of aliphatic hydroxyl groups excluding tert-OH is 2. The molecule has 0 aliphatic carbocycles. The van der Waals surface area contributed by atoms with E-state index in [0.29, 0.717) is 12.7 Å². The molecule has 3 rings (SSSR count). The normalized spacial score (nSPS) is 41.1. The van der Waals surface area contributed by atoms with Gasteiger partial charge in [0.15, 0.2) is 24.5 Å². The summed E-state index contributed by atoms with van der Waals surface area (Å²) >= 11 is 0. The molecule has 55 heavy (non-hydrogen) atoms. The second-order valence-corrected chi connectivity index (χ2v) is 16.2. The summed E-state index contributed by atoms with van der Waals surface area (Å²) in [7, 11) is 4.83. The fraction of sp³-hybridized carbons (Fsp3) is 0.800. The van der Waals surface area contributed by atoms with Gasteiger partial charge in [-0.15, -0.1) is 0 Å². The summed E-state index contributed by atoms with van der Waals surface area (Å²) in [6, 6.07) is -0.768. The third kappa shape index (κ3) is 13.2. The Labute approximate surface area is 325 Å². The smallest absolute Gasteiger partial charge is 0.308 e. The van der Waals surface area contributed by atoms with Crippen LogP contribution in [0.4, 0.5) is 0 Å². The number of allylic oxidation sites excluding steroid dienone is 3. The van der Waals surface area contributed by atoms with Crippen molar-refractivity contribution < 1.29 is 67.7 Å². The first-order valence-corrected chi connectivity index (χ1v) is 19.4. The van der Waals surface area contributed by atoms with Crippen LogP contribution in [0.15, 0.2) is 24.3 Å². The van der Waals surface area contributed by atoms with Gasteiger partial charge in [0.1, 0.15) is 36.3 Å². The van der Waals surface area contributed by atoms with Gasteiger partial charge in [-0.3, -0.25) is 14.4 Å². The van der Waals surface area contributed by atoms with Crippen LogP contribution in [0.25, 0.3) is 0 Å². The molecule has 0 radical (unpaired) electrons. The maximum Gasteiger partial charge on any atom is 0.308 e. The minimum atomic E-state index is -1.49. The van der Waals surface area contributed by atoms with Crippen LogP contribution in [0.5, 0.6) is 0 Å². The summed E-state index contributed by atoms with van der Waals surface area (Å²) < 4.78 is 42.3. The van der Waals surface area contributed by atoms with E-state index in [1.54, 1.807) is 71.8 Å². The van der Waals surface area contributed by atoms with Crippen LogP contribution in [-0.2, 0) is 52.3 Å². The molecular weight excluding hydrogens is 718 g/mol. The molecule has 15 unspecified atom stereocenters. The highest BCUT2D eigenvalue weighted by Crippen LogP contribution is 2.37. The molecule has 0 amide bonds. The predicted octanol–water partition coefficient (Wildman–Crippen LogP) is 2.65. The summed E-state index contributed by atoms with van der Waals surface area (Å²) in [6.45, 7) is 12.2. The van der Waals surface area contributed by atoms with Crippen molar-refractivity contribution in [3.8, 4) is 0 Å². The Morgan fingerprint density at radius 1 is 1.04 bits per heavy atom.